The number of aromatic nitrogens is 2. The van der Waals surface area contributed by atoms with E-state index in [4.69, 9.17) is 4.52 Å². The summed E-state index contributed by atoms with van der Waals surface area (Å²) in [7, 11) is 0. The van der Waals surface area contributed by atoms with E-state index in [1.54, 1.807) is 23.9 Å². The zero-order valence-electron chi connectivity index (χ0n) is 8.81. The van der Waals surface area contributed by atoms with Gasteiger partial charge in [-0.15, -0.1) is 11.8 Å². The lowest BCUT2D eigenvalue weighted by Gasteiger charge is -1.97. The fourth-order valence-corrected chi connectivity index (χ4v) is 1.90. The zero-order valence-corrected chi connectivity index (χ0v) is 9.63. The summed E-state index contributed by atoms with van der Waals surface area (Å²) in [6, 6.07) is 6.34. The van der Waals surface area contributed by atoms with E-state index in [-0.39, 0.29) is 5.82 Å². The normalized spacial score (nSPS) is 10.6. The summed E-state index contributed by atoms with van der Waals surface area (Å²) in [6.07, 6.45) is 0.769. The predicted octanol–water partition coefficient (Wildman–Crippen LogP) is 3.06. The van der Waals surface area contributed by atoms with Crippen LogP contribution >= 0.6 is 11.8 Å². The van der Waals surface area contributed by atoms with Crippen molar-refractivity contribution in [2.75, 3.05) is 0 Å². The van der Waals surface area contributed by atoms with Crippen LogP contribution in [0.4, 0.5) is 4.39 Å². The van der Waals surface area contributed by atoms with Gasteiger partial charge in [-0.3, -0.25) is 0 Å². The number of rotatable bonds is 4. The van der Waals surface area contributed by atoms with Crippen LogP contribution in [0.25, 0.3) is 0 Å². The summed E-state index contributed by atoms with van der Waals surface area (Å²) in [6.45, 7) is 1.97. The van der Waals surface area contributed by atoms with Crippen LogP contribution in [-0.2, 0) is 12.2 Å². The lowest BCUT2D eigenvalue weighted by molar-refractivity contribution is 0.385. The van der Waals surface area contributed by atoms with E-state index in [9.17, 15) is 4.39 Å². The topological polar surface area (TPSA) is 38.9 Å². The van der Waals surface area contributed by atoms with E-state index >= 15 is 0 Å². The van der Waals surface area contributed by atoms with Crippen LogP contribution in [0.15, 0.2) is 33.7 Å². The van der Waals surface area contributed by atoms with Gasteiger partial charge in [-0.05, 0) is 24.3 Å². The van der Waals surface area contributed by atoms with E-state index < -0.39 is 0 Å². The Morgan fingerprint density at radius 2 is 2.06 bits per heavy atom. The fraction of sp³-hybridized carbons (Fsp3) is 0.273. The molecule has 0 aliphatic rings. The molecule has 3 nitrogen and oxygen atoms in total. The molecule has 0 bridgehead atoms. The van der Waals surface area contributed by atoms with E-state index in [1.807, 2.05) is 6.92 Å². The second-order valence-electron chi connectivity index (χ2n) is 3.20. The molecule has 16 heavy (non-hydrogen) atoms. The monoisotopic (exact) mass is 238 g/mol. The molecule has 1 aromatic heterocycles. The van der Waals surface area contributed by atoms with Gasteiger partial charge in [0.15, 0.2) is 5.82 Å². The molecule has 1 aromatic carbocycles. The molecule has 5 heteroatoms. The summed E-state index contributed by atoms with van der Waals surface area (Å²) >= 11 is 1.54. The third-order valence-corrected chi connectivity index (χ3v) is 3.00. The molecule has 0 saturated heterocycles. The predicted molar refractivity (Wildman–Crippen MR) is 59.6 cm³/mol. The van der Waals surface area contributed by atoms with Crippen LogP contribution in [0.3, 0.4) is 0 Å². The molecule has 0 atom stereocenters. The molecule has 0 saturated carbocycles. The van der Waals surface area contributed by atoms with Crippen LogP contribution in [0.2, 0.25) is 0 Å². The molecule has 0 unspecified atom stereocenters. The first-order chi connectivity index (χ1) is 7.78. The van der Waals surface area contributed by atoms with Gasteiger partial charge < -0.3 is 4.52 Å². The molecule has 0 radical (unpaired) electrons. The van der Waals surface area contributed by atoms with Crippen LogP contribution in [0.5, 0.6) is 0 Å². The Hall–Kier alpha value is -1.36. The van der Waals surface area contributed by atoms with E-state index in [1.165, 1.54) is 12.1 Å². The molecule has 2 rings (SSSR count). The second-order valence-corrected chi connectivity index (χ2v) is 4.25. The Bertz CT molecular complexity index is 455. The number of aryl methyl sites for hydroxylation is 1. The summed E-state index contributed by atoms with van der Waals surface area (Å²) < 4.78 is 17.7. The third kappa shape index (κ3) is 2.82. The Morgan fingerprint density at radius 3 is 2.69 bits per heavy atom. The summed E-state index contributed by atoms with van der Waals surface area (Å²) in [5.41, 5.74) is 0. The Balaban J connectivity index is 1.94. The smallest absolute Gasteiger partial charge is 0.237 e. The third-order valence-electron chi connectivity index (χ3n) is 2.00. The van der Waals surface area contributed by atoms with Crippen molar-refractivity contribution >= 4 is 11.8 Å². The molecule has 0 aliphatic carbocycles. The Morgan fingerprint density at radius 1 is 1.31 bits per heavy atom. The number of nitrogens with zero attached hydrogens (tertiary/aromatic N) is 2. The average molecular weight is 238 g/mol. The second kappa shape index (κ2) is 5.12. The highest BCUT2D eigenvalue weighted by Gasteiger charge is 2.05. The average Bonchev–Trinajstić information content (AvgIpc) is 2.76. The quantitative estimate of drug-likeness (QED) is 0.767. The largest absolute Gasteiger partial charge is 0.338 e. The molecular formula is C11H11FN2OS. The SMILES string of the molecule is CCc1noc(CSc2ccc(F)cc2)n1. The van der Waals surface area contributed by atoms with Gasteiger partial charge in [0.25, 0.3) is 0 Å². The maximum atomic E-state index is 12.6. The molecule has 0 aliphatic heterocycles. The standard InChI is InChI=1S/C11H11FN2OS/c1-2-10-13-11(15-14-10)7-16-9-5-3-8(12)4-6-9/h3-6H,2,7H2,1H3. The highest BCUT2D eigenvalue weighted by molar-refractivity contribution is 7.98. The van der Waals surface area contributed by atoms with Crippen molar-refractivity contribution in [2.45, 2.75) is 24.0 Å². The maximum Gasteiger partial charge on any atom is 0.237 e. The van der Waals surface area contributed by atoms with Crippen LogP contribution in [0.1, 0.15) is 18.6 Å². The number of hydrogen-bond acceptors (Lipinski definition) is 4. The van der Waals surface area contributed by atoms with Gasteiger partial charge in [0, 0.05) is 11.3 Å². The van der Waals surface area contributed by atoms with Crippen molar-refractivity contribution in [3.8, 4) is 0 Å². The number of halogens is 1. The van der Waals surface area contributed by atoms with Crippen LogP contribution in [-0.4, -0.2) is 10.1 Å². The number of benzene rings is 1. The van der Waals surface area contributed by atoms with Gasteiger partial charge in [0.1, 0.15) is 5.82 Å². The van der Waals surface area contributed by atoms with Crippen LogP contribution < -0.4 is 0 Å². The molecular weight excluding hydrogens is 227 g/mol. The minimum atomic E-state index is -0.226. The first-order valence-electron chi connectivity index (χ1n) is 4.97. The van der Waals surface area contributed by atoms with E-state index in [0.29, 0.717) is 11.6 Å². The first kappa shape index (κ1) is 11.1. The first-order valence-corrected chi connectivity index (χ1v) is 5.96. The summed E-state index contributed by atoms with van der Waals surface area (Å²) in [5, 5.41) is 3.80. The Labute approximate surface area is 97.1 Å². The van der Waals surface area contributed by atoms with E-state index in [2.05, 4.69) is 10.1 Å². The zero-order chi connectivity index (χ0) is 11.4. The summed E-state index contributed by atoms with van der Waals surface area (Å²) in [4.78, 5) is 5.17. The van der Waals surface area contributed by atoms with Crippen molar-refractivity contribution in [2.24, 2.45) is 0 Å². The number of thioether (sulfide) groups is 1. The molecule has 84 valence electrons. The van der Waals surface area contributed by atoms with Crippen molar-refractivity contribution < 1.29 is 8.91 Å². The molecule has 0 spiro atoms. The minimum Gasteiger partial charge on any atom is -0.338 e. The van der Waals surface area contributed by atoms with Gasteiger partial charge in [0.05, 0.1) is 5.75 Å². The van der Waals surface area contributed by atoms with Crippen LogP contribution in [0, 0.1) is 5.82 Å². The van der Waals surface area contributed by atoms with Crippen molar-refractivity contribution in [3.63, 3.8) is 0 Å². The van der Waals surface area contributed by atoms with Gasteiger partial charge in [-0.2, -0.15) is 4.98 Å². The molecule has 2 aromatic rings. The van der Waals surface area contributed by atoms with Gasteiger partial charge in [-0.25, -0.2) is 4.39 Å². The summed E-state index contributed by atoms with van der Waals surface area (Å²) in [5.74, 6) is 1.70. The lowest BCUT2D eigenvalue weighted by Crippen LogP contribution is -1.84. The molecule has 0 N–H and O–H groups in total. The van der Waals surface area contributed by atoms with Gasteiger partial charge in [-0.1, -0.05) is 12.1 Å². The highest BCUT2D eigenvalue weighted by Crippen LogP contribution is 2.21. The van der Waals surface area contributed by atoms with Gasteiger partial charge >= 0.3 is 0 Å². The Kier molecular flexibility index (Phi) is 3.56. The molecule has 0 fully saturated rings. The number of hydrogen-bond donors (Lipinski definition) is 0. The van der Waals surface area contributed by atoms with Gasteiger partial charge in [0.2, 0.25) is 5.89 Å². The molecule has 1 heterocycles. The van der Waals surface area contributed by atoms with Crippen molar-refractivity contribution in [1.29, 1.82) is 0 Å². The molecule has 0 amide bonds. The highest BCUT2D eigenvalue weighted by atomic mass is 32.2. The fourth-order valence-electron chi connectivity index (χ4n) is 1.17. The van der Waals surface area contributed by atoms with Crippen molar-refractivity contribution in [3.05, 3.63) is 41.8 Å². The van der Waals surface area contributed by atoms with E-state index in [0.717, 1.165) is 17.1 Å². The van der Waals surface area contributed by atoms with Crippen molar-refractivity contribution in [1.82, 2.24) is 10.1 Å². The lowest BCUT2D eigenvalue weighted by atomic mass is 10.4. The maximum absolute atomic E-state index is 12.6. The minimum absolute atomic E-state index is 0.226.